The molecule has 0 aliphatic heterocycles. The number of benzene rings is 1. The highest BCUT2D eigenvalue weighted by Crippen LogP contribution is 2.11. The highest BCUT2D eigenvalue weighted by Gasteiger charge is 2.08. The standard InChI is InChI=1S/C13H20N2O2/c1-3-4-9-15-12-7-5-11(6-8-12)13(16)17-10(2)14/h5-8,10,15H,3-4,9,14H2,1-2H3. The summed E-state index contributed by atoms with van der Waals surface area (Å²) in [6.45, 7) is 4.72. The van der Waals surface area contributed by atoms with Crippen molar-refractivity contribution in [2.24, 2.45) is 5.73 Å². The summed E-state index contributed by atoms with van der Waals surface area (Å²) >= 11 is 0. The van der Waals surface area contributed by atoms with Crippen LogP contribution in [0, 0.1) is 0 Å². The molecule has 0 fully saturated rings. The summed E-state index contributed by atoms with van der Waals surface area (Å²) in [5.41, 5.74) is 6.91. The van der Waals surface area contributed by atoms with Crippen molar-refractivity contribution in [2.75, 3.05) is 11.9 Å². The minimum absolute atomic E-state index is 0.389. The Balaban J connectivity index is 2.52. The van der Waals surface area contributed by atoms with Gasteiger partial charge in [0.05, 0.1) is 5.56 Å². The van der Waals surface area contributed by atoms with Gasteiger partial charge < -0.3 is 10.1 Å². The Hall–Kier alpha value is -1.55. The Morgan fingerprint density at radius 2 is 2.06 bits per heavy atom. The van der Waals surface area contributed by atoms with Crippen LogP contribution >= 0.6 is 0 Å². The second-order valence-electron chi connectivity index (χ2n) is 3.97. The van der Waals surface area contributed by atoms with Crippen molar-refractivity contribution < 1.29 is 9.53 Å². The van der Waals surface area contributed by atoms with E-state index in [1.165, 1.54) is 0 Å². The van der Waals surface area contributed by atoms with E-state index in [1.807, 2.05) is 12.1 Å². The SMILES string of the molecule is CCCCNc1ccc(C(=O)OC(C)N)cc1. The van der Waals surface area contributed by atoms with Gasteiger partial charge in [-0.25, -0.2) is 4.79 Å². The molecule has 0 aliphatic carbocycles. The number of hydrogen-bond donors (Lipinski definition) is 2. The van der Waals surface area contributed by atoms with E-state index in [0.717, 1.165) is 25.1 Å². The first-order chi connectivity index (χ1) is 8.13. The monoisotopic (exact) mass is 236 g/mol. The number of hydrogen-bond acceptors (Lipinski definition) is 4. The lowest BCUT2D eigenvalue weighted by Crippen LogP contribution is -2.23. The van der Waals surface area contributed by atoms with Gasteiger partial charge in [0.2, 0.25) is 0 Å². The van der Waals surface area contributed by atoms with Crippen LogP contribution in [0.1, 0.15) is 37.0 Å². The summed E-state index contributed by atoms with van der Waals surface area (Å²) in [5.74, 6) is -0.389. The van der Waals surface area contributed by atoms with Gasteiger partial charge in [-0.2, -0.15) is 0 Å². The number of rotatable bonds is 6. The largest absolute Gasteiger partial charge is 0.444 e. The zero-order chi connectivity index (χ0) is 12.7. The maximum atomic E-state index is 11.5. The lowest BCUT2D eigenvalue weighted by atomic mass is 10.2. The molecule has 1 unspecified atom stereocenters. The van der Waals surface area contributed by atoms with E-state index >= 15 is 0 Å². The topological polar surface area (TPSA) is 64.3 Å². The van der Waals surface area contributed by atoms with Crippen LogP contribution in [-0.2, 0) is 4.74 Å². The van der Waals surface area contributed by atoms with Crippen molar-refractivity contribution in [1.82, 2.24) is 0 Å². The first-order valence-electron chi connectivity index (χ1n) is 5.94. The van der Waals surface area contributed by atoms with Crippen LogP contribution < -0.4 is 11.1 Å². The number of carbonyl (C=O) groups excluding carboxylic acids is 1. The molecule has 0 amide bonds. The highest BCUT2D eigenvalue weighted by atomic mass is 16.6. The molecule has 3 N–H and O–H groups in total. The average molecular weight is 236 g/mol. The van der Waals surface area contributed by atoms with E-state index in [2.05, 4.69) is 12.2 Å². The fourth-order valence-electron chi connectivity index (χ4n) is 1.37. The Morgan fingerprint density at radius 3 is 2.59 bits per heavy atom. The third kappa shape index (κ3) is 4.87. The van der Waals surface area contributed by atoms with Gasteiger partial charge in [-0.1, -0.05) is 13.3 Å². The van der Waals surface area contributed by atoms with E-state index in [1.54, 1.807) is 19.1 Å². The number of carbonyl (C=O) groups is 1. The first kappa shape index (κ1) is 13.5. The zero-order valence-electron chi connectivity index (χ0n) is 10.4. The molecule has 1 aromatic carbocycles. The van der Waals surface area contributed by atoms with Crippen molar-refractivity contribution in [3.05, 3.63) is 29.8 Å². The third-order valence-corrected chi connectivity index (χ3v) is 2.27. The van der Waals surface area contributed by atoms with Crippen molar-refractivity contribution in [3.8, 4) is 0 Å². The van der Waals surface area contributed by atoms with Crippen LogP contribution in [0.25, 0.3) is 0 Å². The van der Waals surface area contributed by atoms with Crippen LogP contribution in [0.2, 0.25) is 0 Å². The van der Waals surface area contributed by atoms with Crippen molar-refractivity contribution in [2.45, 2.75) is 32.9 Å². The fourth-order valence-corrected chi connectivity index (χ4v) is 1.37. The molecule has 4 heteroatoms. The van der Waals surface area contributed by atoms with Crippen molar-refractivity contribution in [3.63, 3.8) is 0 Å². The van der Waals surface area contributed by atoms with Crippen LogP contribution in [0.5, 0.6) is 0 Å². The summed E-state index contributed by atoms with van der Waals surface area (Å²) in [6, 6.07) is 7.21. The van der Waals surface area contributed by atoms with Crippen molar-refractivity contribution >= 4 is 11.7 Å². The molecular weight excluding hydrogens is 216 g/mol. The summed E-state index contributed by atoms with van der Waals surface area (Å²) in [4.78, 5) is 11.5. The average Bonchev–Trinajstić information content (AvgIpc) is 2.29. The van der Waals surface area contributed by atoms with Gasteiger partial charge in [0.1, 0.15) is 6.23 Å². The van der Waals surface area contributed by atoms with E-state index in [9.17, 15) is 4.79 Å². The Labute approximate surface area is 102 Å². The molecule has 1 atom stereocenters. The number of esters is 1. The van der Waals surface area contributed by atoms with Gasteiger partial charge in [-0.05, 0) is 37.6 Å². The Bertz CT molecular complexity index is 347. The summed E-state index contributed by atoms with van der Waals surface area (Å²) in [5, 5.41) is 3.28. The number of ether oxygens (including phenoxy) is 1. The van der Waals surface area contributed by atoms with Crippen LogP contribution in [0.3, 0.4) is 0 Å². The second kappa shape index (κ2) is 6.91. The number of nitrogens with one attached hydrogen (secondary N) is 1. The van der Waals surface area contributed by atoms with Crippen LogP contribution in [-0.4, -0.2) is 18.7 Å². The lowest BCUT2D eigenvalue weighted by Gasteiger charge is -2.09. The molecule has 94 valence electrons. The van der Waals surface area contributed by atoms with Gasteiger partial charge in [0.25, 0.3) is 0 Å². The Kier molecular flexibility index (Phi) is 5.49. The molecule has 1 aromatic rings. The molecule has 0 heterocycles. The van der Waals surface area contributed by atoms with Crippen LogP contribution in [0.15, 0.2) is 24.3 Å². The van der Waals surface area contributed by atoms with E-state index in [0.29, 0.717) is 5.56 Å². The fraction of sp³-hybridized carbons (Fsp3) is 0.462. The molecule has 0 saturated heterocycles. The van der Waals surface area contributed by atoms with Gasteiger partial charge >= 0.3 is 5.97 Å². The molecule has 1 rings (SSSR count). The maximum absolute atomic E-state index is 11.5. The second-order valence-corrected chi connectivity index (χ2v) is 3.97. The van der Waals surface area contributed by atoms with Gasteiger partial charge in [0, 0.05) is 12.2 Å². The molecule has 0 bridgehead atoms. The quantitative estimate of drug-likeness (QED) is 0.452. The number of unbranched alkanes of at least 4 members (excludes halogenated alkanes) is 1. The minimum Gasteiger partial charge on any atom is -0.444 e. The van der Waals surface area contributed by atoms with E-state index in [-0.39, 0.29) is 5.97 Å². The number of nitrogens with two attached hydrogens (primary N) is 1. The zero-order valence-corrected chi connectivity index (χ0v) is 10.4. The van der Waals surface area contributed by atoms with Crippen molar-refractivity contribution in [1.29, 1.82) is 0 Å². The molecule has 0 spiro atoms. The Morgan fingerprint density at radius 1 is 1.41 bits per heavy atom. The predicted molar refractivity (Wildman–Crippen MR) is 68.9 cm³/mol. The van der Waals surface area contributed by atoms with Crippen LogP contribution in [0.4, 0.5) is 5.69 Å². The summed E-state index contributed by atoms with van der Waals surface area (Å²) in [6.07, 6.45) is 1.71. The van der Waals surface area contributed by atoms with Gasteiger partial charge in [-0.3, -0.25) is 5.73 Å². The van der Waals surface area contributed by atoms with E-state index in [4.69, 9.17) is 10.5 Å². The third-order valence-electron chi connectivity index (χ3n) is 2.27. The molecule has 4 nitrogen and oxygen atoms in total. The summed E-state index contributed by atoms with van der Waals surface area (Å²) in [7, 11) is 0. The molecule has 0 saturated carbocycles. The van der Waals surface area contributed by atoms with Gasteiger partial charge in [0.15, 0.2) is 0 Å². The maximum Gasteiger partial charge on any atom is 0.339 e. The highest BCUT2D eigenvalue weighted by molar-refractivity contribution is 5.89. The number of anilines is 1. The molecular formula is C13H20N2O2. The predicted octanol–water partition coefficient (Wildman–Crippen LogP) is 2.36. The van der Waals surface area contributed by atoms with Gasteiger partial charge in [-0.15, -0.1) is 0 Å². The normalized spacial score (nSPS) is 11.9. The lowest BCUT2D eigenvalue weighted by molar-refractivity contribution is 0.0355. The smallest absolute Gasteiger partial charge is 0.339 e. The first-order valence-corrected chi connectivity index (χ1v) is 5.94. The molecule has 0 aromatic heterocycles. The minimum atomic E-state index is -0.579. The summed E-state index contributed by atoms with van der Waals surface area (Å²) < 4.78 is 4.89. The van der Waals surface area contributed by atoms with E-state index < -0.39 is 6.23 Å². The molecule has 0 aliphatic rings. The molecule has 0 radical (unpaired) electrons. The molecule has 17 heavy (non-hydrogen) atoms.